The minimum atomic E-state index is 0.108. The van der Waals surface area contributed by atoms with Gasteiger partial charge in [-0.2, -0.15) is 4.98 Å². The first-order valence-corrected chi connectivity index (χ1v) is 7.92. The Labute approximate surface area is 124 Å². The lowest BCUT2D eigenvalue weighted by Gasteiger charge is -2.19. The fraction of sp³-hybridized carbons (Fsp3) is 0.467. The molecule has 2 aromatic rings. The van der Waals surface area contributed by atoms with E-state index in [1.165, 1.54) is 4.90 Å². The highest BCUT2D eigenvalue weighted by Crippen LogP contribution is 2.20. The highest BCUT2D eigenvalue weighted by molar-refractivity contribution is 7.98. The number of thioether (sulfide) groups is 1. The quantitative estimate of drug-likeness (QED) is 0.856. The molecule has 5 heteroatoms. The van der Waals surface area contributed by atoms with E-state index in [1.54, 1.807) is 11.8 Å². The highest BCUT2D eigenvalue weighted by Gasteiger charge is 2.11. The van der Waals surface area contributed by atoms with Gasteiger partial charge in [0.1, 0.15) is 0 Å². The van der Waals surface area contributed by atoms with E-state index in [2.05, 4.69) is 54.6 Å². The molecule has 0 fully saturated rings. The molecule has 0 atom stereocenters. The molecule has 0 saturated carbocycles. The van der Waals surface area contributed by atoms with Crippen molar-refractivity contribution in [3.8, 4) is 11.4 Å². The van der Waals surface area contributed by atoms with Gasteiger partial charge in [0, 0.05) is 29.0 Å². The van der Waals surface area contributed by atoms with Crippen molar-refractivity contribution in [3.05, 3.63) is 30.2 Å². The van der Waals surface area contributed by atoms with Crippen LogP contribution in [0.4, 0.5) is 0 Å². The predicted molar refractivity (Wildman–Crippen MR) is 83.0 cm³/mol. The van der Waals surface area contributed by atoms with Crippen LogP contribution in [0.5, 0.6) is 0 Å². The fourth-order valence-corrected chi connectivity index (χ4v) is 2.17. The topological polar surface area (TPSA) is 51.0 Å². The molecule has 0 saturated heterocycles. The summed E-state index contributed by atoms with van der Waals surface area (Å²) >= 11 is 1.72. The highest BCUT2D eigenvalue weighted by atomic mass is 32.2. The van der Waals surface area contributed by atoms with Gasteiger partial charge in [-0.1, -0.05) is 5.16 Å². The van der Waals surface area contributed by atoms with Crippen molar-refractivity contribution in [1.82, 2.24) is 15.5 Å². The number of rotatable bonds is 5. The Morgan fingerprint density at radius 2 is 1.90 bits per heavy atom. The molecule has 1 N–H and O–H groups in total. The van der Waals surface area contributed by atoms with Crippen molar-refractivity contribution in [2.24, 2.45) is 0 Å². The number of nitrogens with one attached hydrogen (secondary N) is 1. The van der Waals surface area contributed by atoms with Gasteiger partial charge in [-0.05, 0) is 51.3 Å². The first kappa shape index (κ1) is 15.1. The van der Waals surface area contributed by atoms with Gasteiger partial charge in [-0.15, -0.1) is 11.8 Å². The number of hydrogen-bond acceptors (Lipinski definition) is 5. The van der Waals surface area contributed by atoms with Crippen LogP contribution < -0.4 is 5.32 Å². The van der Waals surface area contributed by atoms with Gasteiger partial charge in [0.25, 0.3) is 0 Å². The molecule has 0 amide bonds. The number of nitrogens with zero attached hydrogens (tertiary/aromatic N) is 2. The average Bonchev–Trinajstić information content (AvgIpc) is 2.86. The third-order valence-electron chi connectivity index (χ3n) is 2.81. The molecule has 0 bridgehead atoms. The van der Waals surface area contributed by atoms with E-state index < -0.39 is 0 Å². The van der Waals surface area contributed by atoms with E-state index in [-0.39, 0.29) is 5.54 Å². The fourth-order valence-electron chi connectivity index (χ4n) is 1.76. The minimum absolute atomic E-state index is 0.108. The Morgan fingerprint density at radius 3 is 2.50 bits per heavy atom. The maximum Gasteiger partial charge on any atom is 0.228 e. The maximum absolute atomic E-state index is 5.28. The summed E-state index contributed by atoms with van der Waals surface area (Å²) in [6, 6.07) is 8.18. The Balaban J connectivity index is 1.97. The van der Waals surface area contributed by atoms with E-state index in [4.69, 9.17) is 4.52 Å². The van der Waals surface area contributed by atoms with Crippen LogP contribution in [-0.2, 0) is 6.42 Å². The van der Waals surface area contributed by atoms with Gasteiger partial charge in [0.2, 0.25) is 11.7 Å². The van der Waals surface area contributed by atoms with Crippen LogP contribution in [0.1, 0.15) is 26.7 Å². The Hall–Kier alpha value is -1.33. The molecular weight excluding hydrogens is 270 g/mol. The zero-order chi connectivity index (χ0) is 14.6. The van der Waals surface area contributed by atoms with Crippen LogP contribution in [0, 0.1) is 0 Å². The van der Waals surface area contributed by atoms with Crippen LogP contribution in [0.3, 0.4) is 0 Å². The number of hydrogen-bond donors (Lipinski definition) is 1. The van der Waals surface area contributed by atoms with Crippen molar-refractivity contribution in [2.75, 3.05) is 12.8 Å². The average molecular weight is 291 g/mol. The number of benzene rings is 1. The lowest BCUT2D eigenvalue weighted by Crippen LogP contribution is -2.37. The zero-order valence-electron chi connectivity index (χ0n) is 12.4. The SMILES string of the molecule is CSc1ccc(-c2noc(CCNC(C)(C)C)n2)cc1. The van der Waals surface area contributed by atoms with E-state index in [9.17, 15) is 0 Å². The predicted octanol–water partition coefficient (Wildman–Crippen LogP) is 3.39. The van der Waals surface area contributed by atoms with E-state index in [0.717, 1.165) is 18.5 Å². The monoisotopic (exact) mass is 291 g/mol. The Kier molecular flexibility index (Phi) is 4.83. The van der Waals surface area contributed by atoms with E-state index in [1.807, 2.05) is 12.1 Å². The van der Waals surface area contributed by atoms with E-state index in [0.29, 0.717) is 11.7 Å². The second-order valence-electron chi connectivity index (χ2n) is 5.67. The molecular formula is C15H21N3OS. The molecule has 0 spiro atoms. The maximum atomic E-state index is 5.28. The van der Waals surface area contributed by atoms with Gasteiger partial charge >= 0.3 is 0 Å². The molecule has 4 nitrogen and oxygen atoms in total. The summed E-state index contributed by atoms with van der Waals surface area (Å²) in [5.74, 6) is 1.33. The Morgan fingerprint density at radius 1 is 1.20 bits per heavy atom. The molecule has 0 aliphatic rings. The summed E-state index contributed by atoms with van der Waals surface area (Å²) in [5.41, 5.74) is 1.10. The summed E-state index contributed by atoms with van der Waals surface area (Å²) in [4.78, 5) is 5.66. The van der Waals surface area contributed by atoms with Crippen LogP contribution in [-0.4, -0.2) is 28.5 Å². The van der Waals surface area contributed by atoms with Gasteiger partial charge in [0.15, 0.2) is 0 Å². The smallest absolute Gasteiger partial charge is 0.228 e. The molecule has 0 unspecified atom stereocenters. The molecule has 0 aliphatic heterocycles. The standard InChI is InChI=1S/C15H21N3OS/c1-15(2,3)16-10-9-13-17-14(18-19-13)11-5-7-12(20-4)8-6-11/h5-8,16H,9-10H2,1-4H3. The van der Waals surface area contributed by atoms with Gasteiger partial charge < -0.3 is 9.84 Å². The lowest BCUT2D eigenvalue weighted by atomic mass is 10.1. The molecule has 108 valence electrons. The van der Waals surface area contributed by atoms with Crippen LogP contribution in [0.15, 0.2) is 33.7 Å². The molecule has 0 aliphatic carbocycles. The van der Waals surface area contributed by atoms with Crippen LogP contribution in [0.25, 0.3) is 11.4 Å². The zero-order valence-corrected chi connectivity index (χ0v) is 13.3. The molecule has 1 aromatic carbocycles. The molecule has 0 radical (unpaired) electrons. The molecule has 20 heavy (non-hydrogen) atoms. The summed E-state index contributed by atoms with van der Waals surface area (Å²) in [6.07, 6.45) is 2.80. The van der Waals surface area contributed by atoms with Crippen molar-refractivity contribution in [3.63, 3.8) is 0 Å². The number of aromatic nitrogens is 2. The van der Waals surface area contributed by atoms with Crippen LogP contribution >= 0.6 is 11.8 Å². The Bertz CT molecular complexity index is 543. The minimum Gasteiger partial charge on any atom is -0.339 e. The first-order valence-electron chi connectivity index (χ1n) is 6.70. The lowest BCUT2D eigenvalue weighted by molar-refractivity contribution is 0.362. The third kappa shape index (κ3) is 4.35. The van der Waals surface area contributed by atoms with Crippen molar-refractivity contribution in [1.29, 1.82) is 0 Å². The summed E-state index contributed by atoms with van der Waals surface area (Å²) in [6.45, 7) is 7.25. The van der Waals surface area contributed by atoms with Gasteiger partial charge in [-0.3, -0.25) is 0 Å². The largest absolute Gasteiger partial charge is 0.339 e. The summed E-state index contributed by atoms with van der Waals surface area (Å²) in [7, 11) is 0. The third-order valence-corrected chi connectivity index (χ3v) is 3.55. The molecule has 1 aromatic heterocycles. The summed E-state index contributed by atoms with van der Waals surface area (Å²) in [5, 5.41) is 7.44. The normalized spacial score (nSPS) is 11.8. The molecule has 1 heterocycles. The van der Waals surface area contributed by atoms with Gasteiger partial charge in [-0.25, -0.2) is 0 Å². The summed E-state index contributed by atoms with van der Waals surface area (Å²) < 4.78 is 5.28. The van der Waals surface area contributed by atoms with Gasteiger partial charge in [0.05, 0.1) is 0 Å². The van der Waals surface area contributed by atoms with Crippen molar-refractivity contribution < 1.29 is 4.52 Å². The first-order chi connectivity index (χ1) is 9.48. The van der Waals surface area contributed by atoms with Crippen molar-refractivity contribution >= 4 is 11.8 Å². The second kappa shape index (κ2) is 6.41. The van der Waals surface area contributed by atoms with Crippen LogP contribution in [0.2, 0.25) is 0 Å². The van der Waals surface area contributed by atoms with E-state index >= 15 is 0 Å². The second-order valence-corrected chi connectivity index (χ2v) is 6.55. The van der Waals surface area contributed by atoms with Crippen molar-refractivity contribution in [2.45, 2.75) is 37.6 Å². The molecule has 2 rings (SSSR count).